The van der Waals surface area contributed by atoms with Crippen LogP contribution < -0.4 is 0 Å². The molecule has 0 aliphatic carbocycles. The Bertz CT molecular complexity index is 1830. The molecule has 0 fully saturated rings. The van der Waals surface area contributed by atoms with E-state index in [2.05, 4.69) is 97.1 Å². The summed E-state index contributed by atoms with van der Waals surface area (Å²) in [5.74, 6) is 0. The molecule has 2 nitrogen and oxygen atoms in total. The van der Waals surface area contributed by atoms with Crippen LogP contribution in [0.25, 0.3) is 66.0 Å². The maximum absolute atomic E-state index is 6.27. The van der Waals surface area contributed by atoms with Crippen molar-refractivity contribution in [2.24, 2.45) is 0 Å². The maximum Gasteiger partial charge on any atom is 0.144 e. The van der Waals surface area contributed by atoms with Crippen LogP contribution in [0.4, 0.5) is 0 Å². The molecule has 0 amide bonds. The van der Waals surface area contributed by atoms with Gasteiger partial charge in [-0.25, -0.2) is 4.98 Å². The Morgan fingerprint density at radius 1 is 0.455 bits per heavy atom. The number of furan rings is 1. The molecule has 0 saturated carbocycles. The lowest BCUT2D eigenvalue weighted by Gasteiger charge is -2.11. The molecule has 0 atom stereocenters. The molecule has 2 heteroatoms. The lowest BCUT2D eigenvalue weighted by atomic mass is 9.95. The highest BCUT2D eigenvalue weighted by Gasteiger charge is 2.14. The summed E-state index contributed by atoms with van der Waals surface area (Å²) in [5, 5.41) is 7.19. The lowest BCUT2D eigenvalue weighted by molar-refractivity contribution is 0.670. The van der Waals surface area contributed by atoms with Crippen LogP contribution in [0.2, 0.25) is 0 Å². The zero-order valence-electron chi connectivity index (χ0n) is 17.8. The van der Waals surface area contributed by atoms with Crippen LogP contribution in [-0.2, 0) is 0 Å². The molecule has 0 bridgehead atoms. The third-order valence-electron chi connectivity index (χ3n) is 6.47. The molecule has 154 valence electrons. The normalized spacial score (nSPS) is 11.6. The molecule has 5 aromatic carbocycles. The standard InChI is InChI=1S/C31H19NO/c1-2-10-21-20(9-1)19-27(23-12-4-3-11-22(21)23)29-17-8-16-28(32-29)26-15-7-14-25-24-13-5-6-18-30(24)33-31(25)26/h1-19H. The van der Waals surface area contributed by atoms with Crippen LogP contribution in [0.5, 0.6) is 0 Å². The minimum absolute atomic E-state index is 0.881. The summed E-state index contributed by atoms with van der Waals surface area (Å²) in [5.41, 5.74) is 5.80. The van der Waals surface area contributed by atoms with Gasteiger partial charge >= 0.3 is 0 Å². The third-order valence-corrected chi connectivity index (χ3v) is 6.47. The van der Waals surface area contributed by atoms with Crippen molar-refractivity contribution in [3.63, 3.8) is 0 Å². The van der Waals surface area contributed by atoms with Gasteiger partial charge in [-0.2, -0.15) is 0 Å². The number of pyridine rings is 1. The molecule has 33 heavy (non-hydrogen) atoms. The van der Waals surface area contributed by atoms with Crippen LogP contribution in [-0.4, -0.2) is 4.98 Å². The number of nitrogens with zero attached hydrogens (tertiary/aromatic N) is 1. The number of fused-ring (bicyclic) bond motifs is 6. The van der Waals surface area contributed by atoms with Crippen molar-refractivity contribution in [2.75, 3.05) is 0 Å². The smallest absolute Gasteiger partial charge is 0.144 e. The summed E-state index contributed by atoms with van der Waals surface area (Å²) in [4.78, 5) is 5.13. The number of para-hydroxylation sites is 2. The second-order valence-electron chi connectivity index (χ2n) is 8.38. The van der Waals surface area contributed by atoms with Gasteiger partial charge in [0.25, 0.3) is 0 Å². The van der Waals surface area contributed by atoms with Crippen LogP contribution in [0.15, 0.2) is 120 Å². The van der Waals surface area contributed by atoms with Gasteiger partial charge in [-0.3, -0.25) is 0 Å². The Hall–Kier alpha value is -4.43. The molecular weight excluding hydrogens is 402 g/mol. The molecule has 0 spiro atoms. The van der Waals surface area contributed by atoms with E-state index in [4.69, 9.17) is 9.40 Å². The van der Waals surface area contributed by atoms with Crippen LogP contribution in [0, 0.1) is 0 Å². The van der Waals surface area contributed by atoms with E-state index >= 15 is 0 Å². The largest absolute Gasteiger partial charge is 0.455 e. The van der Waals surface area contributed by atoms with Crippen molar-refractivity contribution in [2.45, 2.75) is 0 Å². The van der Waals surface area contributed by atoms with Crippen molar-refractivity contribution in [3.05, 3.63) is 115 Å². The van der Waals surface area contributed by atoms with Gasteiger partial charge in [-0.05, 0) is 51.9 Å². The minimum Gasteiger partial charge on any atom is -0.455 e. The van der Waals surface area contributed by atoms with E-state index in [1.165, 1.54) is 21.5 Å². The maximum atomic E-state index is 6.27. The molecule has 0 saturated heterocycles. The Kier molecular flexibility index (Phi) is 3.88. The zero-order valence-corrected chi connectivity index (χ0v) is 17.8. The molecule has 0 radical (unpaired) electrons. The Balaban J connectivity index is 1.48. The molecule has 0 aliphatic heterocycles. The summed E-state index contributed by atoms with van der Waals surface area (Å²) in [6, 6.07) is 40.1. The van der Waals surface area contributed by atoms with Crippen molar-refractivity contribution in [3.8, 4) is 22.5 Å². The van der Waals surface area contributed by atoms with E-state index in [0.29, 0.717) is 0 Å². The monoisotopic (exact) mass is 421 g/mol. The van der Waals surface area contributed by atoms with E-state index in [0.717, 1.165) is 44.5 Å². The number of rotatable bonds is 2. The fourth-order valence-electron chi connectivity index (χ4n) is 4.95. The first-order chi connectivity index (χ1) is 16.4. The van der Waals surface area contributed by atoms with Crippen LogP contribution in [0.1, 0.15) is 0 Å². The molecule has 2 heterocycles. The second kappa shape index (κ2) is 7.04. The molecule has 0 N–H and O–H groups in total. The number of hydrogen-bond donors (Lipinski definition) is 0. The Morgan fingerprint density at radius 2 is 1.09 bits per heavy atom. The number of hydrogen-bond acceptors (Lipinski definition) is 2. The zero-order chi connectivity index (χ0) is 21.8. The SMILES string of the molecule is c1cc(-c2cc3ccccc3c3ccccc23)nc(-c2cccc3c2oc2ccccc23)c1. The molecule has 2 aromatic heterocycles. The predicted octanol–water partition coefficient (Wildman–Crippen LogP) is 8.62. The van der Waals surface area contributed by atoms with Gasteiger partial charge in [0.2, 0.25) is 0 Å². The summed E-state index contributed by atoms with van der Waals surface area (Å²) in [6.07, 6.45) is 0. The number of aromatic nitrogens is 1. The average molecular weight is 421 g/mol. The van der Waals surface area contributed by atoms with Gasteiger partial charge in [0, 0.05) is 21.9 Å². The molecular formula is C31H19NO. The first-order valence-corrected chi connectivity index (χ1v) is 11.2. The van der Waals surface area contributed by atoms with Gasteiger partial charge in [0.15, 0.2) is 0 Å². The minimum atomic E-state index is 0.881. The summed E-state index contributed by atoms with van der Waals surface area (Å²) in [6.45, 7) is 0. The molecule has 7 rings (SSSR count). The summed E-state index contributed by atoms with van der Waals surface area (Å²) >= 11 is 0. The van der Waals surface area contributed by atoms with Gasteiger partial charge in [-0.15, -0.1) is 0 Å². The van der Waals surface area contributed by atoms with Gasteiger partial charge in [0.1, 0.15) is 11.2 Å². The molecule has 7 aromatic rings. The van der Waals surface area contributed by atoms with E-state index in [1.807, 2.05) is 18.2 Å². The van der Waals surface area contributed by atoms with E-state index < -0.39 is 0 Å². The number of benzene rings is 5. The molecule has 0 unspecified atom stereocenters. The predicted molar refractivity (Wildman–Crippen MR) is 137 cm³/mol. The van der Waals surface area contributed by atoms with Crippen molar-refractivity contribution >= 4 is 43.5 Å². The van der Waals surface area contributed by atoms with Crippen molar-refractivity contribution in [1.82, 2.24) is 4.98 Å². The molecule has 0 aliphatic rings. The van der Waals surface area contributed by atoms with Gasteiger partial charge in [0.05, 0.1) is 11.4 Å². The fraction of sp³-hybridized carbons (Fsp3) is 0. The van der Waals surface area contributed by atoms with Gasteiger partial charge < -0.3 is 4.42 Å². The summed E-state index contributed by atoms with van der Waals surface area (Å²) in [7, 11) is 0. The van der Waals surface area contributed by atoms with Crippen molar-refractivity contribution < 1.29 is 4.42 Å². The average Bonchev–Trinajstić information content (AvgIpc) is 3.27. The van der Waals surface area contributed by atoms with E-state index in [1.54, 1.807) is 0 Å². The first kappa shape index (κ1) is 18.2. The van der Waals surface area contributed by atoms with Crippen LogP contribution in [0.3, 0.4) is 0 Å². The second-order valence-corrected chi connectivity index (χ2v) is 8.38. The first-order valence-electron chi connectivity index (χ1n) is 11.2. The third kappa shape index (κ3) is 2.78. The van der Waals surface area contributed by atoms with Gasteiger partial charge in [-0.1, -0.05) is 84.9 Å². The summed E-state index contributed by atoms with van der Waals surface area (Å²) < 4.78 is 6.27. The fourth-order valence-corrected chi connectivity index (χ4v) is 4.95. The Morgan fingerprint density at radius 3 is 1.97 bits per heavy atom. The van der Waals surface area contributed by atoms with Crippen molar-refractivity contribution in [1.29, 1.82) is 0 Å². The van der Waals surface area contributed by atoms with E-state index in [-0.39, 0.29) is 0 Å². The van der Waals surface area contributed by atoms with E-state index in [9.17, 15) is 0 Å². The topological polar surface area (TPSA) is 26.0 Å². The Labute approximate surface area is 190 Å². The highest BCUT2D eigenvalue weighted by atomic mass is 16.3. The quantitative estimate of drug-likeness (QED) is 0.261. The highest BCUT2D eigenvalue weighted by Crippen LogP contribution is 2.37. The van der Waals surface area contributed by atoms with Crippen LogP contribution >= 0.6 is 0 Å². The lowest BCUT2D eigenvalue weighted by Crippen LogP contribution is -1.90. The highest BCUT2D eigenvalue weighted by molar-refractivity contribution is 6.13.